The van der Waals surface area contributed by atoms with Gasteiger partial charge in [0.2, 0.25) is 0 Å². The lowest BCUT2D eigenvalue weighted by Gasteiger charge is -2.05. The molecule has 0 spiro atoms. The molecule has 9 nitrogen and oxygen atoms in total. The van der Waals surface area contributed by atoms with Crippen molar-refractivity contribution in [3.63, 3.8) is 0 Å². The van der Waals surface area contributed by atoms with Crippen LogP contribution in [0.5, 0.6) is 0 Å². The van der Waals surface area contributed by atoms with Crippen molar-refractivity contribution in [1.29, 1.82) is 0 Å². The van der Waals surface area contributed by atoms with E-state index in [-0.39, 0.29) is 5.69 Å². The zero-order valence-electron chi connectivity index (χ0n) is 13.0. The Morgan fingerprint density at radius 3 is 2.75 bits per heavy atom. The average Bonchev–Trinajstić information content (AvgIpc) is 2.56. The molecular formula is C15H17N3O6. The summed E-state index contributed by atoms with van der Waals surface area (Å²) in [7, 11) is 0. The number of carbonyl (C=O) groups excluding carboxylic acids is 3. The average molecular weight is 335 g/mol. The van der Waals surface area contributed by atoms with Crippen LogP contribution in [-0.2, 0) is 14.3 Å². The van der Waals surface area contributed by atoms with E-state index in [2.05, 4.69) is 10.1 Å². The largest absolute Gasteiger partial charge is 0.452 e. The van der Waals surface area contributed by atoms with Crippen LogP contribution in [0.3, 0.4) is 0 Å². The molecule has 0 aliphatic heterocycles. The molecule has 0 fully saturated rings. The van der Waals surface area contributed by atoms with Crippen molar-refractivity contribution in [3.05, 3.63) is 46.0 Å². The second-order valence-corrected chi connectivity index (χ2v) is 4.60. The standard InChI is InChI=1S/C15H17N3O6/c1-2-8-16-15(21)17-13(19)10-24-14(20)7-6-11-4-3-5-12(9-11)18(22)23/h3-7,9H,2,8,10H2,1H3,(H2,16,17,19,21)/b7-6+. The first-order valence-electron chi connectivity index (χ1n) is 7.09. The summed E-state index contributed by atoms with van der Waals surface area (Å²) in [6.07, 6.45) is 3.07. The maximum absolute atomic E-state index is 11.5. The number of urea groups is 1. The molecule has 1 rings (SSSR count). The Kier molecular flexibility index (Phi) is 7.62. The molecule has 0 unspecified atom stereocenters. The number of hydrogen-bond donors (Lipinski definition) is 2. The fourth-order valence-corrected chi connectivity index (χ4v) is 1.54. The molecule has 0 bridgehead atoms. The van der Waals surface area contributed by atoms with Crippen molar-refractivity contribution >= 4 is 29.7 Å². The summed E-state index contributed by atoms with van der Waals surface area (Å²) in [6.45, 7) is 1.67. The van der Waals surface area contributed by atoms with E-state index in [1.165, 1.54) is 24.3 Å². The Morgan fingerprint density at radius 2 is 2.08 bits per heavy atom. The van der Waals surface area contributed by atoms with E-state index in [1.54, 1.807) is 6.07 Å². The molecule has 1 aromatic rings. The highest BCUT2D eigenvalue weighted by Gasteiger charge is 2.09. The Labute approximate surface area is 137 Å². The van der Waals surface area contributed by atoms with Gasteiger partial charge < -0.3 is 10.1 Å². The van der Waals surface area contributed by atoms with Gasteiger partial charge in [-0.15, -0.1) is 0 Å². The topological polar surface area (TPSA) is 128 Å². The molecule has 24 heavy (non-hydrogen) atoms. The van der Waals surface area contributed by atoms with E-state index in [0.717, 1.165) is 12.5 Å². The molecule has 0 atom stereocenters. The fraction of sp³-hybridized carbons (Fsp3) is 0.267. The Hall–Kier alpha value is -3.23. The van der Waals surface area contributed by atoms with Crippen LogP contribution in [0.2, 0.25) is 0 Å². The monoisotopic (exact) mass is 335 g/mol. The van der Waals surface area contributed by atoms with Crippen LogP contribution in [0, 0.1) is 10.1 Å². The summed E-state index contributed by atoms with van der Waals surface area (Å²) in [5.41, 5.74) is 0.326. The van der Waals surface area contributed by atoms with Crippen molar-refractivity contribution < 1.29 is 24.0 Å². The summed E-state index contributed by atoms with van der Waals surface area (Å²) in [5.74, 6) is -1.58. The van der Waals surface area contributed by atoms with Crippen molar-refractivity contribution in [2.75, 3.05) is 13.2 Å². The van der Waals surface area contributed by atoms with Crippen LogP contribution in [0.4, 0.5) is 10.5 Å². The molecule has 0 radical (unpaired) electrons. The van der Waals surface area contributed by atoms with Crippen LogP contribution in [0.15, 0.2) is 30.3 Å². The number of ether oxygens (including phenoxy) is 1. The van der Waals surface area contributed by atoms with Crippen molar-refractivity contribution in [2.45, 2.75) is 13.3 Å². The van der Waals surface area contributed by atoms with Gasteiger partial charge in [0, 0.05) is 24.8 Å². The number of rotatable bonds is 7. The van der Waals surface area contributed by atoms with Gasteiger partial charge in [-0.3, -0.25) is 20.2 Å². The minimum atomic E-state index is -0.814. The van der Waals surface area contributed by atoms with Crippen LogP contribution in [0.1, 0.15) is 18.9 Å². The van der Waals surface area contributed by atoms with Crippen LogP contribution in [0.25, 0.3) is 6.08 Å². The van der Waals surface area contributed by atoms with Gasteiger partial charge in [0.05, 0.1) is 4.92 Å². The highest BCUT2D eigenvalue weighted by Crippen LogP contribution is 2.14. The van der Waals surface area contributed by atoms with Gasteiger partial charge in [-0.1, -0.05) is 19.1 Å². The first-order valence-corrected chi connectivity index (χ1v) is 7.09. The summed E-state index contributed by atoms with van der Waals surface area (Å²) in [5, 5.41) is 15.1. The Morgan fingerprint density at radius 1 is 1.33 bits per heavy atom. The molecule has 128 valence electrons. The van der Waals surface area contributed by atoms with Gasteiger partial charge in [-0.25, -0.2) is 9.59 Å². The maximum Gasteiger partial charge on any atom is 0.331 e. The fourth-order valence-electron chi connectivity index (χ4n) is 1.54. The van der Waals surface area contributed by atoms with Gasteiger partial charge in [0.15, 0.2) is 6.61 Å². The lowest BCUT2D eigenvalue weighted by molar-refractivity contribution is -0.384. The number of carbonyl (C=O) groups is 3. The second-order valence-electron chi connectivity index (χ2n) is 4.60. The van der Waals surface area contributed by atoms with Gasteiger partial charge in [-0.05, 0) is 18.1 Å². The predicted octanol–water partition coefficient (Wildman–Crippen LogP) is 1.39. The highest BCUT2D eigenvalue weighted by molar-refractivity contribution is 5.96. The number of nitrogens with zero attached hydrogens (tertiary/aromatic N) is 1. The third kappa shape index (κ3) is 7.16. The lowest BCUT2D eigenvalue weighted by atomic mass is 10.2. The molecule has 0 heterocycles. The zero-order valence-corrected chi connectivity index (χ0v) is 13.0. The lowest BCUT2D eigenvalue weighted by Crippen LogP contribution is -2.41. The van der Waals surface area contributed by atoms with E-state index >= 15 is 0 Å². The summed E-state index contributed by atoms with van der Waals surface area (Å²) >= 11 is 0. The SMILES string of the molecule is CCCNC(=O)NC(=O)COC(=O)/C=C/c1cccc([N+](=O)[O-])c1. The number of non-ortho nitro benzene ring substituents is 1. The number of nitrogens with one attached hydrogen (secondary N) is 2. The smallest absolute Gasteiger partial charge is 0.331 e. The summed E-state index contributed by atoms with van der Waals surface area (Å²) in [4.78, 5) is 44.1. The van der Waals surface area contributed by atoms with Gasteiger partial charge >= 0.3 is 12.0 Å². The van der Waals surface area contributed by atoms with Crippen molar-refractivity contribution in [3.8, 4) is 0 Å². The molecule has 0 aliphatic carbocycles. The molecule has 1 aromatic carbocycles. The highest BCUT2D eigenvalue weighted by atomic mass is 16.6. The predicted molar refractivity (Wildman–Crippen MR) is 84.9 cm³/mol. The third-order valence-electron chi connectivity index (χ3n) is 2.63. The van der Waals surface area contributed by atoms with Crippen LogP contribution in [-0.4, -0.2) is 36.0 Å². The van der Waals surface area contributed by atoms with Gasteiger partial charge in [0.25, 0.3) is 11.6 Å². The quantitative estimate of drug-likeness (QED) is 0.335. The van der Waals surface area contributed by atoms with E-state index < -0.39 is 29.4 Å². The van der Waals surface area contributed by atoms with Gasteiger partial charge in [-0.2, -0.15) is 0 Å². The van der Waals surface area contributed by atoms with E-state index in [1.807, 2.05) is 12.2 Å². The molecule has 0 saturated heterocycles. The molecule has 0 aliphatic rings. The second kappa shape index (κ2) is 9.72. The van der Waals surface area contributed by atoms with Crippen molar-refractivity contribution in [1.82, 2.24) is 10.6 Å². The third-order valence-corrected chi connectivity index (χ3v) is 2.63. The molecule has 3 amide bonds. The minimum Gasteiger partial charge on any atom is -0.452 e. The number of imide groups is 1. The molecule has 9 heteroatoms. The number of benzene rings is 1. The first-order chi connectivity index (χ1) is 11.4. The minimum absolute atomic E-state index is 0.108. The number of nitro benzene ring substituents is 1. The van der Waals surface area contributed by atoms with E-state index in [9.17, 15) is 24.5 Å². The summed E-state index contributed by atoms with van der Waals surface area (Å²) < 4.78 is 4.66. The maximum atomic E-state index is 11.5. The number of nitro groups is 1. The van der Waals surface area contributed by atoms with Gasteiger partial charge in [0.1, 0.15) is 0 Å². The Bertz CT molecular complexity index is 656. The number of esters is 1. The van der Waals surface area contributed by atoms with Crippen LogP contribution >= 0.6 is 0 Å². The van der Waals surface area contributed by atoms with E-state index in [0.29, 0.717) is 12.1 Å². The molecule has 0 saturated carbocycles. The molecular weight excluding hydrogens is 318 g/mol. The molecule has 0 aromatic heterocycles. The Balaban J connectivity index is 2.43. The normalized spacial score (nSPS) is 10.2. The number of hydrogen-bond acceptors (Lipinski definition) is 6. The number of amides is 3. The van der Waals surface area contributed by atoms with Crippen molar-refractivity contribution in [2.24, 2.45) is 0 Å². The first kappa shape index (κ1) is 18.8. The van der Waals surface area contributed by atoms with E-state index in [4.69, 9.17) is 0 Å². The zero-order chi connectivity index (χ0) is 17.9. The summed E-state index contributed by atoms with van der Waals surface area (Å²) in [6, 6.07) is 5.00. The molecule has 2 N–H and O–H groups in total. The van der Waals surface area contributed by atoms with Crippen LogP contribution < -0.4 is 10.6 Å².